The maximum Gasteiger partial charge on any atom is 0.273 e. The molecular weight excluding hydrogens is 334 g/mol. The summed E-state index contributed by atoms with van der Waals surface area (Å²) in [5, 5.41) is 13.7. The number of anilines is 1. The predicted octanol–water partition coefficient (Wildman–Crippen LogP) is 2.22. The molecule has 1 N–H and O–H groups in total. The van der Waals surface area contributed by atoms with E-state index in [0.29, 0.717) is 16.8 Å². The van der Waals surface area contributed by atoms with Gasteiger partial charge in [0.2, 0.25) is 11.8 Å². The highest BCUT2D eigenvalue weighted by atomic mass is 16.6. The standard InChI is InChI=1S/C19H17N3O4/c1-3-14-7-6-9-16(11-14)20-18(23)13-21(2)19(24)12-15-8-4-5-10-17(15)22(25)26/h1,4-11H,12-13H2,2H3,(H,20,23). The highest BCUT2D eigenvalue weighted by Crippen LogP contribution is 2.18. The van der Waals surface area contributed by atoms with Crippen molar-refractivity contribution in [1.29, 1.82) is 0 Å². The number of rotatable bonds is 6. The summed E-state index contributed by atoms with van der Waals surface area (Å²) in [5.74, 6) is 1.68. The lowest BCUT2D eigenvalue weighted by Gasteiger charge is -2.17. The van der Waals surface area contributed by atoms with Gasteiger partial charge in [0.15, 0.2) is 0 Å². The first-order valence-electron chi connectivity index (χ1n) is 7.73. The molecule has 0 fully saturated rings. The van der Waals surface area contributed by atoms with E-state index in [-0.39, 0.29) is 18.7 Å². The number of likely N-dealkylation sites (N-methyl/N-ethyl adjacent to an activating group) is 1. The quantitative estimate of drug-likeness (QED) is 0.491. The number of nitro groups is 1. The van der Waals surface area contributed by atoms with Gasteiger partial charge in [-0.15, -0.1) is 6.42 Å². The van der Waals surface area contributed by atoms with E-state index in [2.05, 4.69) is 11.2 Å². The van der Waals surface area contributed by atoms with Gasteiger partial charge in [0, 0.05) is 29.9 Å². The molecule has 0 aliphatic carbocycles. The van der Waals surface area contributed by atoms with Gasteiger partial charge in [0.1, 0.15) is 0 Å². The van der Waals surface area contributed by atoms with E-state index in [0.717, 1.165) is 0 Å². The third-order valence-electron chi connectivity index (χ3n) is 3.65. The minimum absolute atomic E-state index is 0.121. The van der Waals surface area contributed by atoms with Crippen LogP contribution in [0.25, 0.3) is 0 Å². The van der Waals surface area contributed by atoms with E-state index in [4.69, 9.17) is 6.42 Å². The van der Waals surface area contributed by atoms with Crippen molar-refractivity contribution in [3.8, 4) is 12.3 Å². The van der Waals surface area contributed by atoms with E-state index in [9.17, 15) is 19.7 Å². The SMILES string of the molecule is C#Cc1cccc(NC(=O)CN(C)C(=O)Cc2ccccc2[N+](=O)[O-])c1. The van der Waals surface area contributed by atoms with Crippen LogP contribution in [0, 0.1) is 22.5 Å². The number of para-hydroxylation sites is 1. The molecule has 0 heterocycles. The second-order valence-electron chi connectivity index (χ2n) is 5.59. The van der Waals surface area contributed by atoms with Gasteiger partial charge in [-0.05, 0) is 18.2 Å². The Hall–Kier alpha value is -3.66. The zero-order valence-corrected chi connectivity index (χ0v) is 14.1. The topological polar surface area (TPSA) is 92.6 Å². The van der Waals surface area contributed by atoms with Gasteiger partial charge in [-0.2, -0.15) is 0 Å². The summed E-state index contributed by atoms with van der Waals surface area (Å²) in [6.07, 6.45) is 5.15. The Bertz CT molecular complexity index is 886. The minimum Gasteiger partial charge on any atom is -0.336 e. The van der Waals surface area contributed by atoms with Crippen molar-refractivity contribution in [3.63, 3.8) is 0 Å². The monoisotopic (exact) mass is 351 g/mol. The summed E-state index contributed by atoms with van der Waals surface area (Å²) in [7, 11) is 1.47. The molecule has 0 saturated heterocycles. The van der Waals surface area contributed by atoms with Crippen LogP contribution in [0.4, 0.5) is 11.4 Å². The van der Waals surface area contributed by atoms with Gasteiger partial charge < -0.3 is 10.2 Å². The van der Waals surface area contributed by atoms with Crippen molar-refractivity contribution >= 4 is 23.2 Å². The van der Waals surface area contributed by atoms with Crippen molar-refractivity contribution in [3.05, 3.63) is 69.8 Å². The summed E-state index contributed by atoms with van der Waals surface area (Å²) in [6, 6.07) is 12.8. The highest BCUT2D eigenvalue weighted by Gasteiger charge is 2.19. The maximum atomic E-state index is 12.3. The first kappa shape index (κ1) is 18.7. The highest BCUT2D eigenvalue weighted by molar-refractivity contribution is 5.94. The number of hydrogen-bond acceptors (Lipinski definition) is 4. The minimum atomic E-state index is -0.534. The average Bonchev–Trinajstić information content (AvgIpc) is 2.61. The summed E-state index contributed by atoms with van der Waals surface area (Å²) in [5.41, 5.74) is 1.34. The molecule has 2 aromatic rings. The second kappa shape index (κ2) is 8.44. The van der Waals surface area contributed by atoms with Crippen molar-refractivity contribution < 1.29 is 14.5 Å². The third kappa shape index (κ3) is 4.92. The summed E-state index contributed by atoms with van der Waals surface area (Å²) in [4.78, 5) is 36.1. The number of nitrogens with zero attached hydrogens (tertiary/aromatic N) is 2. The van der Waals surface area contributed by atoms with Gasteiger partial charge in [-0.3, -0.25) is 19.7 Å². The third-order valence-corrected chi connectivity index (χ3v) is 3.65. The Morgan fingerprint density at radius 1 is 1.23 bits per heavy atom. The zero-order valence-electron chi connectivity index (χ0n) is 14.1. The number of amides is 2. The first-order valence-corrected chi connectivity index (χ1v) is 7.73. The summed E-state index contributed by atoms with van der Waals surface area (Å²) >= 11 is 0. The van der Waals surface area contributed by atoms with Crippen LogP contribution in [0.15, 0.2) is 48.5 Å². The molecule has 2 rings (SSSR count). The number of benzene rings is 2. The molecule has 0 unspecified atom stereocenters. The lowest BCUT2D eigenvalue weighted by atomic mass is 10.1. The number of carbonyl (C=O) groups is 2. The Balaban J connectivity index is 1.97. The van der Waals surface area contributed by atoms with Crippen molar-refractivity contribution in [2.75, 3.05) is 18.9 Å². The van der Waals surface area contributed by atoms with Gasteiger partial charge in [0.05, 0.1) is 17.9 Å². The summed E-state index contributed by atoms with van der Waals surface area (Å²) < 4.78 is 0. The molecule has 0 atom stereocenters. The van der Waals surface area contributed by atoms with Crippen LogP contribution in [0.5, 0.6) is 0 Å². The van der Waals surface area contributed by atoms with Crippen LogP contribution in [-0.2, 0) is 16.0 Å². The first-order chi connectivity index (χ1) is 12.4. The molecule has 2 amide bonds. The van der Waals surface area contributed by atoms with Gasteiger partial charge in [-0.25, -0.2) is 0 Å². The summed E-state index contributed by atoms with van der Waals surface area (Å²) in [6.45, 7) is -0.181. The fourth-order valence-electron chi connectivity index (χ4n) is 2.33. The van der Waals surface area contributed by atoms with E-state index in [1.165, 1.54) is 30.1 Å². The Morgan fingerprint density at radius 2 is 1.96 bits per heavy atom. The average molecular weight is 351 g/mol. The van der Waals surface area contributed by atoms with Gasteiger partial charge in [-0.1, -0.05) is 30.2 Å². The normalized spacial score (nSPS) is 9.85. The molecule has 132 valence electrons. The molecule has 7 heteroatoms. The van der Waals surface area contributed by atoms with Crippen molar-refractivity contribution in [1.82, 2.24) is 4.90 Å². The predicted molar refractivity (Wildman–Crippen MR) is 97.4 cm³/mol. The number of nitro benzene ring substituents is 1. The lowest BCUT2D eigenvalue weighted by Crippen LogP contribution is -2.35. The number of terminal acetylenes is 1. The largest absolute Gasteiger partial charge is 0.336 e. The van der Waals surface area contributed by atoms with Crippen LogP contribution in [0.3, 0.4) is 0 Å². The molecule has 0 bridgehead atoms. The molecule has 0 aliphatic heterocycles. The molecule has 2 aromatic carbocycles. The molecule has 0 aliphatic rings. The lowest BCUT2D eigenvalue weighted by molar-refractivity contribution is -0.385. The van der Waals surface area contributed by atoms with E-state index in [1.54, 1.807) is 30.3 Å². The molecule has 0 radical (unpaired) electrons. The van der Waals surface area contributed by atoms with E-state index < -0.39 is 16.7 Å². The van der Waals surface area contributed by atoms with Gasteiger partial charge >= 0.3 is 0 Å². The van der Waals surface area contributed by atoms with Crippen LogP contribution in [-0.4, -0.2) is 35.2 Å². The molecule has 26 heavy (non-hydrogen) atoms. The van der Waals surface area contributed by atoms with Crippen LogP contribution in [0.1, 0.15) is 11.1 Å². The fraction of sp³-hybridized carbons (Fsp3) is 0.158. The van der Waals surface area contributed by atoms with E-state index >= 15 is 0 Å². The maximum absolute atomic E-state index is 12.3. The zero-order chi connectivity index (χ0) is 19.1. The van der Waals surface area contributed by atoms with Crippen LogP contribution >= 0.6 is 0 Å². The number of hydrogen-bond donors (Lipinski definition) is 1. The van der Waals surface area contributed by atoms with Crippen molar-refractivity contribution in [2.45, 2.75) is 6.42 Å². The van der Waals surface area contributed by atoms with Crippen LogP contribution in [0.2, 0.25) is 0 Å². The van der Waals surface area contributed by atoms with Gasteiger partial charge in [0.25, 0.3) is 5.69 Å². The van der Waals surface area contributed by atoms with E-state index in [1.807, 2.05) is 0 Å². The fourth-order valence-corrected chi connectivity index (χ4v) is 2.33. The molecular formula is C19H17N3O4. The second-order valence-corrected chi connectivity index (χ2v) is 5.59. The smallest absolute Gasteiger partial charge is 0.273 e. The molecule has 7 nitrogen and oxygen atoms in total. The molecule has 0 spiro atoms. The molecule has 0 saturated carbocycles. The Labute approximate surface area is 150 Å². The number of nitrogens with one attached hydrogen (secondary N) is 1. The Morgan fingerprint density at radius 3 is 2.65 bits per heavy atom. The van der Waals surface area contributed by atoms with Crippen molar-refractivity contribution in [2.24, 2.45) is 0 Å². The van der Waals surface area contributed by atoms with Crippen LogP contribution < -0.4 is 5.32 Å². The Kier molecular flexibility index (Phi) is 6.06. The number of carbonyl (C=O) groups excluding carboxylic acids is 2. The molecule has 0 aromatic heterocycles.